The fourth-order valence-corrected chi connectivity index (χ4v) is 4.29. The van der Waals surface area contributed by atoms with Gasteiger partial charge in [-0.3, -0.25) is 0 Å². The third-order valence-corrected chi connectivity index (χ3v) is 5.93. The molecule has 3 aromatic rings. The normalized spacial score (nSPS) is 11.5. The topological polar surface area (TPSA) is 101 Å². The molecule has 1 unspecified atom stereocenters. The van der Waals surface area contributed by atoms with Gasteiger partial charge in [-0.15, -0.1) is 11.8 Å². The van der Waals surface area contributed by atoms with E-state index in [1.807, 2.05) is 66.7 Å². The maximum atomic E-state index is 12.1. The number of thioether (sulfide) groups is 1. The number of aromatic nitrogens is 1. The number of carboxylic acids is 1. The van der Waals surface area contributed by atoms with Crippen LogP contribution in [0.15, 0.2) is 85.1 Å². The molecular weight excluding hydrogens is 426 g/mol. The molecule has 2 aromatic carbocycles. The molecule has 0 radical (unpaired) electrons. The molecule has 1 heterocycles. The molecule has 1 atom stereocenters. The highest BCUT2D eigenvalue weighted by molar-refractivity contribution is 7.99. The van der Waals surface area contributed by atoms with Gasteiger partial charge < -0.3 is 20.5 Å². The number of carboxylic acid groups (broad SMARTS) is 1. The summed E-state index contributed by atoms with van der Waals surface area (Å²) >= 11 is 1.46. The summed E-state index contributed by atoms with van der Waals surface area (Å²) in [5, 5.41) is 15.0. The molecule has 3 N–H and O–H groups in total. The molecule has 3 rings (SSSR count). The molecule has 0 aliphatic rings. The number of nitrogens with zero attached hydrogens (tertiary/aromatic N) is 1. The Morgan fingerprint density at radius 1 is 0.938 bits per heavy atom. The van der Waals surface area contributed by atoms with Crippen LogP contribution in [-0.2, 0) is 9.53 Å². The molecule has 7 nitrogen and oxygen atoms in total. The van der Waals surface area contributed by atoms with E-state index in [4.69, 9.17) is 4.74 Å². The Hall–Kier alpha value is -3.52. The highest BCUT2D eigenvalue weighted by Crippen LogP contribution is 2.35. The SMILES string of the molecule is O=C(NC(CSC(c1ccccc1)c1ccccc1)C(=O)O)OCCNc1ccccn1. The second-order valence-electron chi connectivity index (χ2n) is 6.85. The van der Waals surface area contributed by atoms with Crippen LogP contribution in [0, 0.1) is 0 Å². The predicted molar refractivity (Wildman–Crippen MR) is 126 cm³/mol. The van der Waals surface area contributed by atoms with E-state index < -0.39 is 18.1 Å². The molecule has 32 heavy (non-hydrogen) atoms. The number of aliphatic carboxylic acids is 1. The van der Waals surface area contributed by atoms with Gasteiger partial charge in [0.1, 0.15) is 18.5 Å². The number of pyridine rings is 1. The molecule has 1 amide bonds. The largest absolute Gasteiger partial charge is 0.480 e. The van der Waals surface area contributed by atoms with Crippen LogP contribution in [0.3, 0.4) is 0 Å². The molecule has 0 bridgehead atoms. The number of benzene rings is 2. The van der Waals surface area contributed by atoms with Crippen molar-refractivity contribution in [3.8, 4) is 0 Å². The highest BCUT2D eigenvalue weighted by atomic mass is 32.2. The highest BCUT2D eigenvalue weighted by Gasteiger charge is 2.24. The summed E-state index contributed by atoms with van der Waals surface area (Å²) < 4.78 is 5.11. The third-order valence-electron chi connectivity index (χ3n) is 4.53. The van der Waals surface area contributed by atoms with Gasteiger partial charge in [0.25, 0.3) is 0 Å². The Morgan fingerprint density at radius 3 is 2.12 bits per heavy atom. The van der Waals surface area contributed by atoms with Crippen molar-refractivity contribution in [3.05, 3.63) is 96.2 Å². The second-order valence-corrected chi connectivity index (χ2v) is 7.99. The zero-order valence-electron chi connectivity index (χ0n) is 17.4. The molecule has 0 aliphatic heterocycles. The van der Waals surface area contributed by atoms with Crippen molar-refractivity contribution in [3.63, 3.8) is 0 Å². The van der Waals surface area contributed by atoms with E-state index in [1.54, 1.807) is 18.3 Å². The Kier molecular flexibility index (Phi) is 8.94. The number of ether oxygens (including phenoxy) is 1. The molecule has 8 heteroatoms. The number of hydrogen-bond acceptors (Lipinski definition) is 6. The van der Waals surface area contributed by atoms with Gasteiger partial charge >= 0.3 is 12.1 Å². The first-order valence-electron chi connectivity index (χ1n) is 10.2. The van der Waals surface area contributed by atoms with Gasteiger partial charge in [-0.25, -0.2) is 14.6 Å². The fraction of sp³-hybridized carbons (Fsp3) is 0.208. The van der Waals surface area contributed by atoms with Crippen LogP contribution in [0.2, 0.25) is 0 Å². The van der Waals surface area contributed by atoms with Gasteiger partial charge in [-0.1, -0.05) is 66.7 Å². The van der Waals surface area contributed by atoms with Crippen LogP contribution in [0.25, 0.3) is 0 Å². The number of hydrogen-bond donors (Lipinski definition) is 3. The zero-order chi connectivity index (χ0) is 22.6. The van der Waals surface area contributed by atoms with Crippen molar-refractivity contribution < 1.29 is 19.4 Å². The molecule has 0 spiro atoms. The summed E-state index contributed by atoms with van der Waals surface area (Å²) in [6, 6.07) is 24.1. The molecule has 0 fully saturated rings. The quantitative estimate of drug-likeness (QED) is 0.376. The van der Waals surface area contributed by atoms with Crippen molar-refractivity contribution in [1.82, 2.24) is 10.3 Å². The van der Waals surface area contributed by atoms with E-state index in [0.29, 0.717) is 12.4 Å². The lowest BCUT2D eigenvalue weighted by Crippen LogP contribution is -2.43. The maximum Gasteiger partial charge on any atom is 0.407 e. The lowest BCUT2D eigenvalue weighted by Gasteiger charge is -2.21. The fourth-order valence-electron chi connectivity index (χ4n) is 2.98. The van der Waals surface area contributed by atoms with Crippen LogP contribution in [0.1, 0.15) is 16.4 Å². The minimum atomic E-state index is -1.11. The number of carbonyl (C=O) groups excluding carboxylic acids is 1. The Morgan fingerprint density at radius 2 is 1.56 bits per heavy atom. The van der Waals surface area contributed by atoms with E-state index in [1.165, 1.54) is 11.8 Å². The van der Waals surface area contributed by atoms with E-state index in [-0.39, 0.29) is 17.6 Å². The van der Waals surface area contributed by atoms with Crippen LogP contribution >= 0.6 is 11.8 Å². The monoisotopic (exact) mass is 451 g/mol. The lowest BCUT2D eigenvalue weighted by atomic mass is 10.0. The Balaban J connectivity index is 1.53. The summed E-state index contributed by atoms with van der Waals surface area (Å²) in [4.78, 5) is 27.9. The van der Waals surface area contributed by atoms with Gasteiger partial charge in [-0.05, 0) is 23.3 Å². The second kappa shape index (κ2) is 12.4. The van der Waals surface area contributed by atoms with Crippen molar-refractivity contribution in [2.45, 2.75) is 11.3 Å². The predicted octanol–water partition coefficient (Wildman–Crippen LogP) is 4.20. The van der Waals surface area contributed by atoms with Crippen molar-refractivity contribution in [2.24, 2.45) is 0 Å². The molecule has 0 aliphatic carbocycles. The average Bonchev–Trinajstić information content (AvgIpc) is 2.83. The van der Waals surface area contributed by atoms with Crippen molar-refractivity contribution in [1.29, 1.82) is 0 Å². The summed E-state index contributed by atoms with van der Waals surface area (Å²) in [5.41, 5.74) is 2.13. The number of anilines is 1. The Bertz CT molecular complexity index is 935. The molecular formula is C24H25N3O4S. The Labute approximate surface area is 191 Å². The van der Waals surface area contributed by atoms with Crippen LogP contribution < -0.4 is 10.6 Å². The number of amides is 1. The summed E-state index contributed by atoms with van der Waals surface area (Å²) in [7, 11) is 0. The minimum absolute atomic E-state index is 0.0559. The number of nitrogens with one attached hydrogen (secondary N) is 2. The minimum Gasteiger partial charge on any atom is -0.480 e. The number of carbonyl (C=O) groups is 2. The van der Waals surface area contributed by atoms with E-state index >= 15 is 0 Å². The molecule has 1 aromatic heterocycles. The lowest BCUT2D eigenvalue weighted by molar-refractivity contribution is -0.138. The van der Waals surface area contributed by atoms with Crippen LogP contribution in [0.5, 0.6) is 0 Å². The molecule has 0 saturated carbocycles. The van der Waals surface area contributed by atoms with E-state index in [0.717, 1.165) is 11.1 Å². The maximum absolute atomic E-state index is 12.1. The van der Waals surface area contributed by atoms with Gasteiger partial charge in [0, 0.05) is 11.9 Å². The van der Waals surface area contributed by atoms with Gasteiger partial charge in [0.15, 0.2) is 0 Å². The zero-order valence-corrected chi connectivity index (χ0v) is 18.2. The third kappa shape index (κ3) is 7.31. The van der Waals surface area contributed by atoms with Gasteiger partial charge in [-0.2, -0.15) is 0 Å². The van der Waals surface area contributed by atoms with Crippen molar-refractivity contribution in [2.75, 3.05) is 24.2 Å². The van der Waals surface area contributed by atoms with E-state index in [9.17, 15) is 14.7 Å². The van der Waals surface area contributed by atoms with Crippen molar-refractivity contribution >= 4 is 29.6 Å². The van der Waals surface area contributed by atoms with Gasteiger partial charge in [0.2, 0.25) is 0 Å². The summed E-state index contributed by atoms with van der Waals surface area (Å²) in [6.45, 7) is 0.444. The number of alkyl carbamates (subject to hydrolysis) is 1. The van der Waals surface area contributed by atoms with E-state index in [2.05, 4.69) is 15.6 Å². The van der Waals surface area contributed by atoms with Crippen LogP contribution in [-0.4, -0.2) is 47.1 Å². The average molecular weight is 452 g/mol. The first kappa shape index (κ1) is 23.1. The molecule has 0 saturated heterocycles. The standard InChI is InChI=1S/C24H25N3O4S/c28-23(29)20(27-24(30)31-16-15-26-21-13-7-8-14-25-21)17-32-22(18-9-3-1-4-10-18)19-11-5-2-6-12-19/h1-14,20,22H,15-17H2,(H,25,26)(H,27,30)(H,28,29). The first-order chi connectivity index (χ1) is 15.6. The van der Waals surface area contributed by atoms with Gasteiger partial charge in [0.05, 0.1) is 11.8 Å². The molecule has 166 valence electrons. The summed E-state index contributed by atoms with van der Waals surface area (Å²) in [6.07, 6.45) is 0.889. The summed E-state index contributed by atoms with van der Waals surface area (Å²) in [5.74, 6) is -0.254. The van der Waals surface area contributed by atoms with Crippen LogP contribution in [0.4, 0.5) is 10.6 Å². The first-order valence-corrected chi connectivity index (χ1v) is 11.2. The number of rotatable bonds is 11. The smallest absolute Gasteiger partial charge is 0.407 e.